The highest BCUT2D eigenvalue weighted by atomic mass is 16.5. The summed E-state index contributed by atoms with van der Waals surface area (Å²) < 4.78 is 13.3. The van der Waals surface area contributed by atoms with Gasteiger partial charge < -0.3 is 14.8 Å². The van der Waals surface area contributed by atoms with Crippen molar-refractivity contribution in [3.63, 3.8) is 0 Å². The zero-order valence-corrected chi connectivity index (χ0v) is 18.1. The van der Waals surface area contributed by atoms with Crippen LogP contribution in [0.5, 0.6) is 11.5 Å². The molecule has 5 rings (SSSR count). The van der Waals surface area contributed by atoms with Gasteiger partial charge in [-0.3, -0.25) is 9.36 Å². The number of para-hydroxylation sites is 2. The molecule has 0 bridgehead atoms. The van der Waals surface area contributed by atoms with Gasteiger partial charge in [0.25, 0.3) is 0 Å². The Kier molecular flexibility index (Phi) is 4.90. The van der Waals surface area contributed by atoms with E-state index in [2.05, 4.69) is 9.88 Å². The molecule has 6 nitrogen and oxygen atoms in total. The number of nitrogens with one attached hydrogen (secondary N) is 1. The largest absolute Gasteiger partial charge is 0.497 e. The van der Waals surface area contributed by atoms with Gasteiger partial charge in [0.05, 0.1) is 31.3 Å². The molecule has 4 aromatic rings. The fourth-order valence-electron chi connectivity index (χ4n) is 4.35. The third-order valence-corrected chi connectivity index (χ3v) is 5.84. The van der Waals surface area contributed by atoms with Crippen LogP contribution in [-0.4, -0.2) is 29.6 Å². The molecule has 1 aromatic heterocycles. The highest BCUT2D eigenvalue weighted by Gasteiger charge is 2.36. The van der Waals surface area contributed by atoms with E-state index in [0.29, 0.717) is 28.6 Å². The highest BCUT2D eigenvalue weighted by Crippen LogP contribution is 2.44. The quantitative estimate of drug-likeness (QED) is 0.444. The Balaban J connectivity index is 1.81. The van der Waals surface area contributed by atoms with Crippen molar-refractivity contribution < 1.29 is 14.3 Å². The van der Waals surface area contributed by atoms with Crippen LogP contribution in [0, 0.1) is 0 Å². The topological polar surface area (TPSA) is 65.4 Å². The summed E-state index contributed by atoms with van der Waals surface area (Å²) in [4.78, 5) is 18.6. The van der Waals surface area contributed by atoms with E-state index in [1.54, 1.807) is 14.2 Å². The maximum Gasteiger partial charge on any atom is 0.209 e. The Labute approximate surface area is 186 Å². The highest BCUT2D eigenvalue weighted by molar-refractivity contribution is 6.11. The van der Waals surface area contributed by atoms with Gasteiger partial charge in [-0.15, -0.1) is 0 Å². The molecule has 160 valence electrons. The predicted molar refractivity (Wildman–Crippen MR) is 125 cm³/mol. The van der Waals surface area contributed by atoms with Crippen molar-refractivity contribution in [1.82, 2.24) is 9.55 Å². The monoisotopic (exact) mass is 425 g/mol. The van der Waals surface area contributed by atoms with Gasteiger partial charge in [-0.2, -0.15) is 0 Å². The van der Waals surface area contributed by atoms with Crippen molar-refractivity contribution in [3.05, 3.63) is 95.2 Å². The van der Waals surface area contributed by atoms with E-state index >= 15 is 0 Å². The minimum atomic E-state index is -0.448. The third kappa shape index (κ3) is 3.12. The Bertz CT molecular complexity index is 1360. The second-order valence-electron chi connectivity index (χ2n) is 7.66. The molecule has 0 fully saturated rings. The van der Waals surface area contributed by atoms with Crippen molar-refractivity contribution in [2.24, 2.45) is 0 Å². The van der Waals surface area contributed by atoms with Crippen LogP contribution in [-0.2, 0) is 0 Å². The van der Waals surface area contributed by atoms with Gasteiger partial charge in [0.15, 0.2) is 5.78 Å². The number of methoxy groups -OCH3 is 2. The Morgan fingerprint density at radius 3 is 2.47 bits per heavy atom. The first-order valence-corrected chi connectivity index (χ1v) is 10.4. The SMILES string of the molecule is COc1ccc(OC)c(C2C(C(=O)c3ccccc3)=C(C)Nc3nc4ccccc4n32)c1. The summed E-state index contributed by atoms with van der Waals surface area (Å²) >= 11 is 0. The third-order valence-electron chi connectivity index (χ3n) is 5.84. The van der Waals surface area contributed by atoms with Gasteiger partial charge in [0.2, 0.25) is 5.95 Å². The van der Waals surface area contributed by atoms with Crippen molar-refractivity contribution in [1.29, 1.82) is 0 Å². The summed E-state index contributed by atoms with van der Waals surface area (Å²) in [5.41, 5.74) is 4.63. The first-order chi connectivity index (χ1) is 15.6. The van der Waals surface area contributed by atoms with E-state index in [1.165, 1.54) is 0 Å². The Morgan fingerprint density at radius 1 is 0.969 bits per heavy atom. The smallest absolute Gasteiger partial charge is 0.209 e. The summed E-state index contributed by atoms with van der Waals surface area (Å²) in [6.07, 6.45) is 0. The molecule has 1 aliphatic rings. The Hall–Kier alpha value is -4.06. The van der Waals surface area contributed by atoms with Gasteiger partial charge in [0.1, 0.15) is 11.5 Å². The first-order valence-electron chi connectivity index (χ1n) is 10.4. The summed E-state index contributed by atoms with van der Waals surface area (Å²) in [7, 11) is 3.26. The van der Waals surface area contributed by atoms with Crippen LogP contribution in [0.15, 0.2) is 84.1 Å². The van der Waals surface area contributed by atoms with Crippen molar-refractivity contribution in [2.75, 3.05) is 19.5 Å². The summed E-state index contributed by atoms with van der Waals surface area (Å²) in [5.74, 6) is 2.00. The number of fused-ring (bicyclic) bond motifs is 3. The maximum atomic E-state index is 13.8. The molecule has 0 aliphatic carbocycles. The minimum absolute atomic E-state index is 0.0473. The number of nitrogens with zero attached hydrogens (tertiary/aromatic N) is 2. The van der Waals surface area contributed by atoms with E-state index in [4.69, 9.17) is 14.5 Å². The molecule has 0 saturated heterocycles. The molecule has 1 atom stereocenters. The molecule has 0 spiro atoms. The lowest BCUT2D eigenvalue weighted by Crippen LogP contribution is -2.28. The van der Waals surface area contributed by atoms with E-state index in [0.717, 1.165) is 22.3 Å². The molecule has 0 amide bonds. The number of carbonyl (C=O) groups is 1. The number of benzene rings is 3. The number of hydrogen-bond donors (Lipinski definition) is 1. The Morgan fingerprint density at radius 2 is 1.72 bits per heavy atom. The van der Waals surface area contributed by atoms with Gasteiger partial charge in [0, 0.05) is 22.4 Å². The maximum absolute atomic E-state index is 13.8. The second-order valence-corrected chi connectivity index (χ2v) is 7.66. The molecule has 0 saturated carbocycles. The molecule has 3 aromatic carbocycles. The zero-order chi connectivity index (χ0) is 22.2. The van der Waals surface area contributed by atoms with E-state index < -0.39 is 6.04 Å². The molecule has 1 unspecified atom stereocenters. The fourth-order valence-corrected chi connectivity index (χ4v) is 4.35. The van der Waals surface area contributed by atoms with Gasteiger partial charge >= 0.3 is 0 Å². The number of anilines is 1. The summed E-state index contributed by atoms with van der Waals surface area (Å²) in [6, 6.07) is 22.4. The number of hydrogen-bond acceptors (Lipinski definition) is 5. The molecule has 6 heteroatoms. The van der Waals surface area contributed by atoms with Crippen LogP contribution in [0.4, 0.5) is 5.95 Å². The predicted octanol–water partition coefficient (Wildman–Crippen LogP) is 5.23. The number of allylic oxidation sites excluding steroid dienone is 2. The number of aromatic nitrogens is 2. The molecule has 32 heavy (non-hydrogen) atoms. The second kappa shape index (κ2) is 7.89. The standard InChI is InChI=1S/C26H23N3O3/c1-16-23(25(30)17-9-5-4-6-10-17)24(19-15-18(31-2)13-14-22(19)32-3)29-21-12-8-7-11-20(21)28-26(29)27-16/h4-15,24H,1-3H3,(H,27,28). The molecule has 1 aliphatic heterocycles. The summed E-state index contributed by atoms with van der Waals surface area (Å²) in [6.45, 7) is 1.92. The fraction of sp³-hybridized carbons (Fsp3) is 0.154. The normalized spacial score (nSPS) is 15.3. The van der Waals surface area contributed by atoms with Crippen LogP contribution in [0.2, 0.25) is 0 Å². The average molecular weight is 425 g/mol. The lowest BCUT2D eigenvalue weighted by Gasteiger charge is -2.31. The van der Waals surface area contributed by atoms with Gasteiger partial charge in [-0.25, -0.2) is 4.98 Å². The molecule has 0 radical (unpaired) electrons. The van der Waals surface area contributed by atoms with E-state index in [1.807, 2.05) is 79.7 Å². The van der Waals surface area contributed by atoms with Crippen LogP contribution in [0.25, 0.3) is 11.0 Å². The molecule has 2 heterocycles. The minimum Gasteiger partial charge on any atom is -0.497 e. The number of ketones is 1. The van der Waals surface area contributed by atoms with Gasteiger partial charge in [-0.1, -0.05) is 42.5 Å². The average Bonchev–Trinajstić information content (AvgIpc) is 3.20. The van der Waals surface area contributed by atoms with Crippen molar-refractivity contribution >= 4 is 22.8 Å². The van der Waals surface area contributed by atoms with Crippen LogP contribution < -0.4 is 14.8 Å². The molecule has 1 N–H and O–H groups in total. The van der Waals surface area contributed by atoms with E-state index in [-0.39, 0.29) is 5.78 Å². The number of carbonyl (C=O) groups excluding carboxylic acids is 1. The first kappa shape index (κ1) is 19.9. The van der Waals surface area contributed by atoms with Crippen LogP contribution >= 0.6 is 0 Å². The molecular weight excluding hydrogens is 402 g/mol. The van der Waals surface area contributed by atoms with Crippen molar-refractivity contribution in [3.8, 4) is 11.5 Å². The van der Waals surface area contributed by atoms with Gasteiger partial charge in [-0.05, 0) is 37.3 Å². The van der Waals surface area contributed by atoms with Crippen molar-refractivity contribution in [2.45, 2.75) is 13.0 Å². The van der Waals surface area contributed by atoms with Crippen LogP contribution in [0.3, 0.4) is 0 Å². The number of ether oxygens (including phenoxy) is 2. The summed E-state index contributed by atoms with van der Waals surface area (Å²) in [5, 5.41) is 3.35. The number of rotatable bonds is 5. The lowest BCUT2D eigenvalue weighted by atomic mass is 9.88. The number of imidazole rings is 1. The number of Topliss-reactive ketones (excluding diaryl/α,β-unsaturated/α-hetero) is 1. The molecular formula is C26H23N3O3. The van der Waals surface area contributed by atoms with Crippen LogP contribution in [0.1, 0.15) is 28.9 Å². The lowest BCUT2D eigenvalue weighted by molar-refractivity contribution is 0.102. The zero-order valence-electron chi connectivity index (χ0n) is 18.1. The van der Waals surface area contributed by atoms with E-state index in [9.17, 15) is 4.79 Å².